The van der Waals surface area contributed by atoms with Crippen LogP contribution in [0.1, 0.15) is 17.0 Å². The van der Waals surface area contributed by atoms with Crippen molar-refractivity contribution in [2.75, 3.05) is 0 Å². The Morgan fingerprint density at radius 1 is 1.04 bits per heavy atom. The molecule has 2 heterocycles. The van der Waals surface area contributed by atoms with E-state index in [4.69, 9.17) is 23.8 Å². The van der Waals surface area contributed by atoms with Crippen molar-refractivity contribution in [1.82, 2.24) is 14.2 Å². The van der Waals surface area contributed by atoms with E-state index in [-0.39, 0.29) is 0 Å². The molecule has 4 nitrogen and oxygen atoms in total. The van der Waals surface area contributed by atoms with E-state index in [1.54, 1.807) is 4.68 Å². The van der Waals surface area contributed by atoms with Crippen molar-refractivity contribution in [1.29, 1.82) is 0 Å². The normalized spacial score (nSPS) is 11.4. The zero-order chi connectivity index (χ0) is 19.7. The number of aromatic nitrogens is 3. The molecule has 0 aliphatic rings. The van der Waals surface area contributed by atoms with Crippen molar-refractivity contribution in [3.05, 3.63) is 93.6 Å². The maximum Gasteiger partial charge on any atom is 0.198 e. The summed E-state index contributed by atoms with van der Waals surface area (Å²) in [7, 11) is 0. The van der Waals surface area contributed by atoms with Gasteiger partial charge in [-0.05, 0) is 62.0 Å². The maximum absolute atomic E-state index is 6.02. The highest BCUT2D eigenvalue weighted by molar-refractivity contribution is 7.71. The lowest BCUT2D eigenvalue weighted by Crippen LogP contribution is -1.99. The van der Waals surface area contributed by atoms with Crippen LogP contribution in [-0.2, 0) is 0 Å². The smallest absolute Gasteiger partial charge is 0.198 e. The Morgan fingerprint density at radius 3 is 2.46 bits per heavy atom. The second-order valence-corrected chi connectivity index (χ2v) is 7.39. The number of rotatable bonds is 4. The van der Waals surface area contributed by atoms with E-state index in [0.717, 1.165) is 38.9 Å². The van der Waals surface area contributed by atoms with Gasteiger partial charge in [-0.25, -0.2) is 4.68 Å². The zero-order valence-corrected chi connectivity index (χ0v) is 17.1. The average Bonchev–Trinajstić information content (AvgIpc) is 3.21. The molecule has 0 aliphatic heterocycles. The molecule has 0 aliphatic carbocycles. The zero-order valence-electron chi connectivity index (χ0n) is 15.6. The van der Waals surface area contributed by atoms with E-state index in [2.05, 4.69) is 34.6 Å². The van der Waals surface area contributed by atoms with Gasteiger partial charge in [-0.3, -0.25) is 0 Å². The molecule has 2 aromatic heterocycles. The molecule has 4 rings (SSSR count). The second-order valence-electron chi connectivity index (χ2n) is 6.57. The molecule has 4 aromatic rings. The molecule has 0 fully saturated rings. The largest absolute Gasteiger partial charge is 0.329 e. The minimum atomic E-state index is 0.557. The first-order chi connectivity index (χ1) is 13.5. The van der Waals surface area contributed by atoms with Crippen LogP contribution in [0, 0.1) is 18.6 Å². The number of aromatic amines is 1. The van der Waals surface area contributed by atoms with E-state index in [0.29, 0.717) is 4.77 Å². The van der Waals surface area contributed by atoms with Gasteiger partial charge >= 0.3 is 0 Å². The SMILES string of the molecule is Cc1cc(/C=N\n2cc(-c3ccccc3)[nH]c2=S)c(C)n1-c1ccc(Cl)cc1. The molecule has 0 bridgehead atoms. The van der Waals surface area contributed by atoms with Crippen molar-refractivity contribution in [2.24, 2.45) is 5.10 Å². The van der Waals surface area contributed by atoms with Crippen LogP contribution in [0.3, 0.4) is 0 Å². The van der Waals surface area contributed by atoms with Crippen LogP contribution in [0.25, 0.3) is 16.9 Å². The fraction of sp³-hybridized carbons (Fsp3) is 0.0909. The van der Waals surface area contributed by atoms with Crippen LogP contribution in [0.2, 0.25) is 5.02 Å². The fourth-order valence-corrected chi connectivity index (χ4v) is 3.60. The molecule has 0 radical (unpaired) electrons. The van der Waals surface area contributed by atoms with Gasteiger partial charge in [0.2, 0.25) is 0 Å². The number of nitrogens with one attached hydrogen (secondary N) is 1. The topological polar surface area (TPSA) is 38.0 Å². The quantitative estimate of drug-likeness (QED) is 0.320. The predicted octanol–water partition coefficient (Wildman–Crippen LogP) is 6.16. The van der Waals surface area contributed by atoms with Gasteiger partial charge in [-0.2, -0.15) is 5.10 Å². The summed E-state index contributed by atoms with van der Waals surface area (Å²) in [4.78, 5) is 3.21. The molecule has 6 heteroatoms. The summed E-state index contributed by atoms with van der Waals surface area (Å²) >= 11 is 11.4. The van der Waals surface area contributed by atoms with Gasteiger partial charge in [0.15, 0.2) is 4.77 Å². The Morgan fingerprint density at radius 2 is 1.75 bits per heavy atom. The molecule has 140 valence electrons. The molecule has 2 aromatic carbocycles. The highest BCUT2D eigenvalue weighted by Crippen LogP contribution is 2.22. The summed E-state index contributed by atoms with van der Waals surface area (Å²) in [6.07, 6.45) is 3.75. The van der Waals surface area contributed by atoms with Gasteiger partial charge in [0.25, 0.3) is 0 Å². The Hall–Kier alpha value is -2.89. The lowest BCUT2D eigenvalue weighted by atomic mass is 10.2. The number of benzene rings is 2. The van der Waals surface area contributed by atoms with Crippen LogP contribution in [0.15, 0.2) is 72.0 Å². The standard InChI is InChI=1S/C22H19ClN4S/c1-15-12-18(16(2)27(15)20-10-8-19(23)9-11-20)13-24-26-14-21(25-22(26)28)17-6-4-3-5-7-17/h3-14H,1-2H3,(H,25,28)/b24-13-. The van der Waals surface area contributed by atoms with Crippen molar-refractivity contribution in [2.45, 2.75) is 13.8 Å². The number of hydrogen-bond acceptors (Lipinski definition) is 2. The van der Waals surface area contributed by atoms with Crippen LogP contribution in [0.4, 0.5) is 0 Å². The van der Waals surface area contributed by atoms with Crippen molar-refractivity contribution in [3.8, 4) is 16.9 Å². The van der Waals surface area contributed by atoms with Gasteiger partial charge in [0.1, 0.15) is 0 Å². The first kappa shape index (κ1) is 18.5. The minimum absolute atomic E-state index is 0.557. The molecule has 0 saturated heterocycles. The molecule has 0 atom stereocenters. The van der Waals surface area contributed by atoms with E-state index in [1.807, 2.05) is 67.0 Å². The minimum Gasteiger partial charge on any atom is -0.329 e. The summed E-state index contributed by atoms with van der Waals surface area (Å²) in [5, 5.41) is 5.29. The van der Waals surface area contributed by atoms with Gasteiger partial charge in [0, 0.05) is 27.7 Å². The first-order valence-corrected chi connectivity index (χ1v) is 9.68. The highest BCUT2D eigenvalue weighted by Gasteiger charge is 2.10. The number of halogens is 1. The summed E-state index contributed by atoms with van der Waals surface area (Å²) in [6.45, 7) is 4.16. The maximum atomic E-state index is 6.02. The molecule has 0 unspecified atom stereocenters. The Bertz CT molecular complexity index is 1200. The Balaban J connectivity index is 1.66. The van der Waals surface area contributed by atoms with Crippen LogP contribution >= 0.6 is 23.8 Å². The van der Waals surface area contributed by atoms with E-state index in [1.165, 1.54) is 0 Å². The summed E-state index contributed by atoms with van der Waals surface area (Å²) in [5.41, 5.74) is 6.36. The monoisotopic (exact) mass is 406 g/mol. The number of imidazole rings is 1. The number of H-pyrrole nitrogens is 1. The van der Waals surface area contributed by atoms with Crippen LogP contribution < -0.4 is 0 Å². The van der Waals surface area contributed by atoms with E-state index >= 15 is 0 Å². The second kappa shape index (κ2) is 7.62. The van der Waals surface area contributed by atoms with Gasteiger partial charge in [-0.1, -0.05) is 41.9 Å². The van der Waals surface area contributed by atoms with Crippen molar-refractivity contribution < 1.29 is 0 Å². The predicted molar refractivity (Wildman–Crippen MR) is 118 cm³/mol. The van der Waals surface area contributed by atoms with Gasteiger partial charge < -0.3 is 9.55 Å². The molecule has 0 spiro atoms. The lowest BCUT2D eigenvalue weighted by molar-refractivity contribution is 0.864. The third-order valence-electron chi connectivity index (χ3n) is 4.66. The third-order valence-corrected chi connectivity index (χ3v) is 5.20. The lowest BCUT2D eigenvalue weighted by Gasteiger charge is -2.09. The number of aryl methyl sites for hydroxylation is 1. The van der Waals surface area contributed by atoms with Crippen molar-refractivity contribution in [3.63, 3.8) is 0 Å². The van der Waals surface area contributed by atoms with E-state index < -0.39 is 0 Å². The van der Waals surface area contributed by atoms with Gasteiger partial charge in [0.05, 0.1) is 18.1 Å². The molecular formula is C22H19ClN4S. The van der Waals surface area contributed by atoms with Crippen molar-refractivity contribution >= 4 is 30.0 Å². The molecule has 0 amide bonds. The highest BCUT2D eigenvalue weighted by atomic mass is 35.5. The molecular weight excluding hydrogens is 388 g/mol. The molecule has 1 N–H and O–H groups in total. The number of hydrogen-bond donors (Lipinski definition) is 1. The number of nitrogens with zero attached hydrogens (tertiary/aromatic N) is 3. The molecule has 0 saturated carbocycles. The van der Waals surface area contributed by atoms with Crippen LogP contribution in [0.5, 0.6) is 0 Å². The third kappa shape index (κ3) is 3.59. The summed E-state index contributed by atoms with van der Waals surface area (Å²) < 4.78 is 4.43. The first-order valence-electron chi connectivity index (χ1n) is 8.89. The fourth-order valence-electron chi connectivity index (χ4n) is 3.27. The summed E-state index contributed by atoms with van der Waals surface area (Å²) in [6, 6.07) is 20.0. The summed E-state index contributed by atoms with van der Waals surface area (Å²) in [5.74, 6) is 0. The van der Waals surface area contributed by atoms with Crippen LogP contribution in [-0.4, -0.2) is 20.4 Å². The van der Waals surface area contributed by atoms with E-state index in [9.17, 15) is 0 Å². The average molecular weight is 407 g/mol. The van der Waals surface area contributed by atoms with Gasteiger partial charge in [-0.15, -0.1) is 0 Å². The molecule has 28 heavy (non-hydrogen) atoms. The Labute approximate surface area is 173 Å². The Kier molecular flexibility index (Phi) is 5.03.